The van der Waals surface area contributed by atoms with Crippen LogP contribution in [0.2, 0.25) is 0 Å². The molecule has 0 spiro atoms. The van der Waals surface area contributed by atoms with Crippen LogP contribution in [0.4, 0.5) is 13.2 Å². The Kier molecular flexibility index (Phi) is 60.9. The monoisotopic (exact) mass is 1870 g/mol. The van der Waals surface area contributed by atoms with Crippen molar-refractivity contribution in [2.45, 2.75) is 43.1 Å². The SMILES string of the molecule is CC(=O)[O-].CC(=O)[O-].CC(=O)[O-].CN(C)C=O.CN(C)C=O.CN(C)C=O.CN(C)C=O.O=S(=O)([O-])C(F)(F)F.[Dy+3].[Mn].[Mn].[Mn].[O-2].[O-2].[O-2].[O-2].[O-]C(c1ccccn1)(c1ccccn1)c1ccccc1-c1cc(-c2ccccc2C([O-])(c2ccccn2)c2ccccn2)cc(-c2ccccc2C([O-])(c2ccccn2)c2ccccn2)c1. The molecule has 6 aromatic heterocycles. The van der Waals surface area contributed by atoms with Gasteiger partial charge in [-0.1, -0.05) is 109 Å². The summed E-state index contributed by atoms with van der Waals surface area (Å²) in [5, 5.41) is 74.6. The van der Waals surface area contributed by atoms with Crippen LogP contribution >= 0.6 is 0 Å². The average molecular weight is 1870 g/mol. The van der Waals surface area contributed by atoms with Crippen molar-refractivity contribution in [3.05, 3.63) is 288 Å². The summed E-state index contributed by atoms with van der Waals surface area (Å²) in [6.07, 6.45) is 12.6. The first-order valence-corrected chi connectivity index (χ1v) is 32.4. The molecule has 0 N–H and O–H groups in total. The quantitative estimate of drug-likeness (QED) is 0.0580. The van der Waals surface area contributed by atoms with Gasteiger partial charge in [-0.2, -0.15) is 13.2 Å². The van der Waals surface area contributed by atoms with Crippen LogP contribution in [0, 0.1) is 38.2 Å². The second kappa shape index (κ2) is 59.1. The molecular weight excluding hydrogens is 1790 g/mol. The van der Waals surface area contributed by atoms with E-state index in [4.69, 9.17) is 42.7 Å². The molecule has 620 valence electrons. The largest absolute Gasteiger partial charge is 3.00 e. The van der Waals surface area contributed by atoms with E-state index in [0.717, 1.165) is 46.4 Å². The molecule has 0 bridgehead atoms. The van der Waals surface area contributed by atoms with Gasteiger partial charge in [0, 0.05) is 214 Å². The number of amides is 4. The van der Waals surface area contributed by atoms with Gasteiger partial charge < -0.3 is 91.1 Å². The van der Waals surface area contributed by atoms with Gasteiger partial charge in [0.1, 0.15) is 0 Å². The second-order valence-electron chi connectivity index (χ2n) is 22.4. The number of carbonyl (C=O) groups is 7. The van der Waals surface area contributed by atoms with Crippen molar-refractivity contribution in [2.24, 2.45) is 0 Å². The van der Waals surface area contributed by atoms with Crippen molar-refractivity contribution in [3.63, 3.8) is 0 Å². The average Bonchev–Trinajstić information content (AvgIpc) is 0.741. The van der Waals surface area contributed by atoms with E-state index in [9.17, 15) is 32.3 Å². The Bertz CT molecular complexity index is 3920. The number of pyridine rings is 6. The van der Waals surface area contributed by atoms with Gasteiger partial charge in [0.2, 0.25) is 25.6 Å². The van der Waals surface area contributed by atoms with E-state index < -0.39 is 50.3 Å². The predicted molar refractivity (Wildman–Crippen MR) is 377 cm³/mol. The maximum atomic E-state index is 16.0. The minimum atomic E-state index is -6.09. The molecule has 10 rings (SSSR count). The number of rotatable bonds is 16. The molecule has 0 unspecified atom stereocenters. The summed E-state index contributed by atoms with van der Waals surface area (Å²) in [7, 11) is 7.41. The van der Waals surface area contributed by atoms with E-state index in [0.29, 0.717) is 50.1 Å². The fourth-order valence-corrected chi connectivity index (χ4v) is 8.87. The first-order valence-electron chi connectivity index (χ1n) is 31.0. The van der Waals surface area contributed by atoms with E-state index in [2.05, 4.69) is 29.9 Å². The fourth-order valence-electron chi connectivity index (χ4n) is 8.87. The Morgan fingerprint density at radius 2 is 0.474 bits per heavy atom. The smallest absolute Gasteiger partial charge is 2.00 e. The van der Waals surface area contributed by atoms with E-state index in [1.807, 2.05) is 91.0 Å². The van der Waals surface area contributed by atoms with Crippen LogP contribution in [0.15, 0.2) is 237 Å². The van der Waals surface area contributed by atoms with Gasteiger partial charge >= 0.3 is 43.7 Å². The molecular formula is C76H76DyF3Mn3N10O20S-12. The molecule has 0 aliphatic heterocycles. The Morgan fingerprint density at radius 1 is 0.342 bits per heavy atom. The number of halogens is 3. The molecule has 0 aliphatic carbocycles. The van der Waals surface area contributed by atoms with Crippen molar-refractivity contribution in [2.75, 3.05) is 56.4 Å². The van der Waals surface area contributed by atoms with Crippen LogP contribution in [0.3, 0.4) is 0 Å². The van der Waals surface area contributed by atoms with Crippen LogP contribution in [0.25, 0.3) is 33.4 Å². The molecule has 0 aliphatic rings. The van der Waals surface area contributed by atoms with Crippen LogP contribution in [-0.2, 0) is 134 Å². The zero-order chi connectivity index (χ0) is 79.8. The van der Waals surface area contributed by atoms with Gasteiger partial charge in [0.25, 0.3) is 0 Å². The summed E-state index contributed by atoms with van der Waals surface area (Å²) in [6.45, 7) is 2.92. The van der Waals surface area contributed by atoms with Crippen molar-refractivity contribution in [1.82, 2.24) is 49.5 Å². The number of carbonyl (C=O) groups excluding carboxylic acids is 7. The minimum Gasteiger partial charge on any atom is -2.00 e. The molecule has 0 saturated heterocycles. The molecule has 114 heavy (non-hydrogen) atoms. The van der Waals surface area contributed by atoms with Gasteiger partial charge in [0.15, 0.2) is 10.1 Å². The molecule has 6 heterocycles. The van der Waals surface area contributed by atoms with Crippen molar-refractivity contribution in [3.8, 4) is 33.4 Å². The molecule has 0 atom stereocenters. The van der Waals surface area contributed by atoms with Gasteiger partial charge in [0.05, 0.1) is 0 Å². The van der Waals surface area contributed by atoms with Crippen LogP contribution < -0.4 is 30.6 Å². The second-order valence-corrected chi connectivity index (χ2v) is 23.8. The molecule has 4 amide bonds. The van der Waals surface area contributed by atoms with Crippen LogP contribution in [0.5, 0.6) is 0 Å². The van der Waals surface area contributed by atoms with E-state index in [1.54, 1.807) is 203 Å². The number of carboxylic acid groups (broad SMARTS) is 3. The first kappa shape index (κ1) is 118. The van der Waals surface area contributed by atoms with Gasteiger partial charge in [-0.3, -0.25) is 49.1 Å². The molecule has 4 radical (unpaired) electrons. The van der Waals surface area contributed by atoms with Crippen LogP contribution in [0.1, 0.15) is 71.6 Å². The molecule has 30 nitrogen and oxygen atoms in total. The number of hydrogen-bond acceptors (Lipinski definition) is 22. The Balaban J connectivity index is -0.000000397. The van der Waals surface area contributed by atoms with E-state index in [1.165, 1.54) is 19.6 Å². The van der Waals surface area contributed by atoms with E-state index >= 15 is 15.3 Å². The number of hydrogen-bond donors (Lipinski definition) is 0. The Morgan fingerprint density at radius 3 is 0.588 bits per heavy atom. The summed E-state index contributed by atoms with van der Waals surface area (Å²) < 4.78 is 58.9. The molecule has 38 heteroatoms. The summed E-state index contributed by atoms with van der Waals surface area (Å²) in [5.74, 6) is -3.25. The number of benzene rings is 4. The first-order chi connectivity index (χ1) is 49.9. The number of aliphatic carboxylic acids is 3. The molecule has 10 aromatic rings. The van der Waals surface area contributed by atoms with Crippen molar-refractivity contribution in [1.29, 1.82) is 0 Å². The maximum absolute atomic E-state index is 16.0. The maximum Gasteiger partial charge on any atom is 3.00 e. The van der Waals surface area contributed by atoms with Gasteiger partial charge in [-0.15, -0.1) is 0 Å². The third-order valence-corrected chi connectivity index (χ3v) is 13.6. The Hall–Kier alpha value is -9.68. The fraction of sp³-hybridized carbons (Fsp3) is 0.197. The molecule has 0 saturated carbocycles. The zero-order valence-corrected chi connectivity index (χ0v) is 68.8. The third-order valence-electron chi connectivity index (χ3n) is 13.1. The predicted octanol–water partition coefficient (Wildman–Crippen LogP) is 2.67. The standard InChI is InChI=1S/C57H39N6O3.4C3H7NO.3C2H4O2.CHF3O3S.Dy.3Mn.4O/c64-55(49-25-7-13-31-58-49,50-26-8-14-32-59-50)46-22-4-1-19-43(46)40-37-41(44-20-2-5-23-47(44)56(65,51-27-9-15-33-60-51)52-28-10-16-34-61-52)39-42(38-40)45-21-3-6-24-48(45)57(66,53-29-11-17-35-62-53)54-30-12-18-36-63-54;4*1-4(2)3-5;3*1-2(3)4;2-1(3,4)8(5,6)7;;;;;;;;/h1-39H;4*3H,1-2H3;3*1H3,(H,3,4);(H,5,6,7);;;;;;;;/q-3;;;;;;;;;+3;;;;4*-2/p-4. The van der Waals surface area contributed by atoms with Crippen molar-refractivity contribution < 1.29 is 202 Å². The number of alkyl halides is 3. The number of aromatic nitrogens is 6. The van der Waals surface area contributed by atoms with Gasteiger partial charge in [-0.05, 0) is 162 Å². The number of carboxylic acids is 3. The normalized spacial score (nSPS) is 9.70. The van der Waals surface area contributed by atoms with E-state index in [-0.39, 0.29) is 145 Å². The summed E-state index contributed by atoms with van der Waals surface area (Å²) in [6, 6.07) is 60.1. The molecule has 0 fully saturated rings. The topological polar surface area (TPSA) is 519 Å². The van der Waals surface area contributed by atoms with Gasteiger partial charge in [-0.25, -0.2) is 8.42 Å². The minimum absolute atomic E-state index is 0. The zero-order valence-electron chi connectivity index (χ0n) is 62.5. The summed E-state index contributed by atoms with van der Waals surface area (Å²) in [4.78, 5) is 97.9. The van der Waals surface area contributed by atoms with Crippen molar-refractivity contribution >= 4 is 53.7 Å². The Labute approximate surface area is 720 Å². The summed E-state index contributed by atoms with van der Waals surface area (Å²) in [5.41, 5.74) is -5.22. The number of nitrogens with zero attached hydrogens (tertiary/aromatic N) is 10. The third kappa shape index (κ3) is 38.0. The van der Waals surface area contributed by atoms with Crippen LogP contribution in [-0.4, -0.2) is 168 Å². The summed E-state index contributed by atoms with van der Waals surface area (Å²) >= 11 is 0. The molecule has 4 aromatic carbocycles.